The SMILES string of the molecule is Cn1cnnc1CNc1ccc(Br)c(Cl)c1. The van der Waals surface area contributed by atoms with Crippen molar-refractivity contribution in [2.24, 2.45) is 7.05 Å². The van der Waals surface area contributed by atoms with Crippen LogP contribution in [-0.4, -0.2) is 14.8 Å². The lowest BCUT2D eigenvalue weighted by molar-refractivity contribution is 0.812. The van der Waals surface area contributed by atoms with Crippen LogP contribution in [0.3, 0.4) is 0 Å². The number of nitrogens with zero attached hydrogens (tertiary/aromatic N) is 3. The fraction of sp³-hybridized carbons (Fsp3) is 0.200. The zero-order valence-corrected chi connectivity index (χ0v) is 11.0. The molecule has 84 valence electrons. The molecule has 2 aromatic rings. The molecule has 0 saturated heterocycles. The molecule has 0 amide bonds. The first-order valence-electron chi connectivity index (χ1n) is 4.68. The Morgan fingerprint density at radius 2 is 2.31 bits per heavy atom. The van der Waals surface area contributed by atoms with E-state index in [1.807, 2.05) is 29.8 Å². The molecule has 0 spiro atoms. The molecule has 0 saturated carbocycles. The van der Waals surface area contributed by atoms with E-state index < -0.39 is 0 Å². The fourth-order valence-corrected chi connectivity index (χ4v) is 1.68. The summed E-state index contributed by atoms with van der Waals surface area (Å²) < 4.78 is 2.76. The van der Waals surface area contributed by atoms with E-state index in [0.29, 0.717) is 11.6 Å². The van der Waals surface area contributed by atoms with E-state index in [2.05, 4.69) is 31.4 Å². The third-order valence-corrected chi connectivity index (χ3v) is 3.41. The van der Waals surface area contributed by atoms with E-state index >= 15 is 0 Å². The van der Waals surface area contributed by atoms with Gasteiger partial charge in [0.15, 0.2) is 5.82 Å². The van der Waals surface area contributed by atoms with Crippen molar-refractivity contribution >= 4 is 33.2 Å². The highest BCUT2D eigenvalue weighted by atomic mass is 79.9. The highest BCUT2D eigenvalue weighted by Gasteiger charge is 2.02. The Bertz CT molecular complexity index is 497. The van der Waals surface area contributed by atoms with Crippen LogP contribution in [0.5, 0.6) is 0 Å². The molecular weight excluding hydrogens is 291 g/mol. The maximum absolute atomic E-state index is 5.99. The summed E-state index contributed by atoms with van der Waals surface area (Å²) in [6, 6.07) is 5.72. The number of benzene rings is 1. The third-order valence-electron chi connectivity index (χ3n) is 2.18. The number of rotatable bonds is 3. The average Bonchev–Trinajstić information content (AvgIpc) is 2.66. The molecule has 0 radical (unpaired) electrons. The first-order chi connectivity index (χ1) is 7.66. The smallest absolute Gasteiger partial charge is 0.151 e. The minimum atomic E-state index is 0.620. The second-order valence-electron chi connectivity index (χ2n) is 3.34. The van der Waals surface area contributed by atoms with Gasteiger partial charge < -0.3 is 9.88 Å². The number of nitrogens with one attached hydrogen (secondary N) is 1. The van der Waals surface area contributed by atoms with Gasteiger partial charge in [0.2, 0.25) is 0 Å². The van der Waals surface area contributed by atoms with Crippen molar-refractivity contribution in [3.05, 3.63) is 39.8 Å². The molecule has 4 nitrogen and oxygen atoms in total. The molecular formula is C10H10BrClN4. The summed E-state index contributed by atoms with van der Waals surface area (Å²) in [6.45, 7) is 0.620. The Balaban J connectivity index is 2.05. The van der Waals surface area contributed by atoms with Gasteiger partial charge in [-0.05, 0) is 34.1 Å². The van der Waals surface area contributed by atoms with Crippen LogP contribution < -0.4 is 5.32 Å². The Labute approximate surface area is 107 Å². The molecule has 2 rings (SSSR count). The van der Waals surface area contributed by atoms with Crippen molar-refractivity contribution in [1.29, 1.82) is 0 Å². The minimum Gasteiger partial charge on any atom is -0.378 e. The highest BCUT2D eigenvalue weighted by Crippen LogP contribution is 2.25. The van der Waals surface area contributed by atoms with Gasteiger partial charge in [-0.25, -0.2) is 0 Å². The van der Waals surface area contributed by atoms with Gasteiger partial charge in [-0.2, -0.15) is 0 Å². The van der Waals surface area contributed by atoms with Crippen LogP contribution in [0, 0.1) is 0 Å². The van der Waals surface area contributed by atoms with Crippen molar-refractivity contribution < 1.29 is 0 Å². The Morgan fingerprint density at radius 1 is 1.50 bits per heavy atom. The molecule has 0 aliphatic carbocycles. The Hall–Kier alpha value is -1.07. The van der Waals surface area contributed by atoms with E-state index in [0.717, 1.165) is 16.0 Å². The zero-order valence-electron chi connectivity index (χ0n) is 8.61. The zero-order chi connectivity index (χ0) is 11.5. The van der Waals surface area contributed by atoms with Gasteiger partial charge in [0.1, 0.15) is 6.33 Å². The van der Waals surface area contributed by atoms with Crippen LogP contribution >= 0.6 is 27.5 Å². The molecule has 1 heterocycles. The molecule has 16 heavy (non-hydrogen) atoms. The Kier molecular flexibility index (Phi) is 3.46. The molecule has 1 aromatic heterocycles. The number of hydrogen-bond acceptors (Lipinski definition) is 3. The Morgan fingerprint density at radius 3 is 2.94 bits per heavy atom. The minimum absolute atomic E-state index is 0.620. The standard InChI is InChI=1S/C10H10BrClN4/c1-16-6-14-15-10(16)5-13-7-2-3-8(11)9(12)4-7/h2-4,6,13H,5H2,1H3. The number of halogens is 2. The van der Waals surface area contributed by atoms with Gasteiger partial charge in [0, 0.05) is 17.2 Å². The summed E-state index contributed by atoms with van der Waals surface area (Å²) in [4.78, 5) is 0. The summed E-state index contributed by atoms with van der Waals surface area (Å²) in [6.07, 6.45) is 1.67. The van der Waals surface area contributed by atoms with Crippen molar-refractivity contribution in [3.63, 3.8) is 0 Å². The molecule has 6 heteroatoms. The van der Waals surface area contributed by atoms with Crippen molar-refractivity contribution in [2.45, 2.75) is 6.54 Å². The molecule has 0 unspecified atom stereocenters. The highest BCUT2D eigenvalue weighted by molar-refractivity contribution is 9.10. The number of anilines is 1. The van der Waals surface area contributed by atoms with Crippen LogP contribution in [0.15, 0.2) is 29.0 Å². The second kappa shape index (κ2) is 4.84. The van der Waals surface area contributed by atoms with Gasteiger partial charge in [-0.15, -0.1) is 10.2 Å². The normalized spacial score (nSPS) is 10.4. The van der Waals surface area contributed by atoms with Gasteiger partial charge in [0.05, 0.1) is 11.6 Å². The van der Waals surface area contributed by atoms with E-state index in [4.69, 9.17) is 11.6 Å². The molecule has 0 aliphatic rings. The first-order valence-corrected chi connectivity index (χ1v) is 5.85. The summed E-state index contributed by atoms with van der Waals surface area (Å²) in [5.41, 5.74) is 0.955. The van der Waals surface area contributed by atoms with E-state index in [9.17, 15) is 0 Å². The number of aryl methyl sites for hydroxylation is 1. The molecule has 0 bridgehead atoms. The summed E-state index contributed by atoms with van der Waals surface area (Å²) >= 11 is 9.33. The summed E-state index contributed by atoms with van der Waals surface area (Å²) in [5, 5.41) is 11.7. The van der Waals surface area contributed by atoms with Gasteiger partial charge in [-0.1, -0.05) is 11.6 Å². The topological polar surface area (TPSA) is 42.7 Å². The van der Waals surface area contributed by atoms with Crippen LogP contribution in [-0.2, 0) is 13.6 Å². The molecule has 0 aliphatic heterocycles. The van der Waals surface area contributed by atoms with Crippen molar-refractivity contribution in [2.75, 3.05) is 5.32 Å². The molecule has 1 N–H and O–H groups in total. The lowest BCUT2D eigenvalue weighted by atomic mass is 10.3. The predicted molar refractivity (Wildman–Crippen MR) is 67.5 cm³/mol. The lowest BCUT2D eigenvalue weighted by Crippen LogP contribution is -2.05. The van der Waals surface area contributed by atoms with Crippen LogP contribution in [0.1, 0.15) is 5.82 Å². The van der Waals surface area contributed by atoms with Gasteiger partial charge >= 0.3 is 0 Å². The third kappa shape index (κ3) is 2.54. The van der Waals surface area contributed by atoms with Gasteiger partial charge in [-0.3, -0.25) is 0 Å². The maximum atomic E-state index is 5.99. The van der Waals surface area contributed by atoms with Crippen molar-refractivity contribution in [3.8, 4) is 0 Å². The van der Waals surface area contributed by atoms with Crippen LogP contribution in [0.2, 0.25) is 5.02 Å². The molecule has 0 fully saturated rings. The van der Waals surface area contributed by atoms with E-state index in [-0.39, 0.29) is 0 Å². The average molecular weight is 302 g/mol. The van der Waals surface area contributed by atoms with Crippen molar-refractivity contribution in [1.82, 2.24) is 14.8 Å². The predicted octanol–water partition coefficient (Wildman–Crippen LogP) is 2.84. The monoisotopic (exact) mass is 300 g/mol. The quantitative estimate of drug-likeness (QED) is 0.948. The first kappa shape index (κ1) is 11.4. The van der Waals surface area contributed by atoms with Gasteiger partial charge in [0.25, 0.3) is 0 Å². The number of hydrogen-bond donors (Lipinski definition) is 1. The van der Waals surface area contributed by atoms with E-state index in [1.54, 1.807) is 6.33 Å². The second-order valence-corrected chi connectivity index (χ2v) is 4.60. The van der Waals surface area contributed by atoms with Crippen LogP contribution in [0.25, 0.3) is 0 Å². The fourth-order valence-electron chi connectivity index (χ4n) is 1.25. The summed E-state index contributed by atoms with van der Waals surface area (Å²) in [5.74, 6) is 0.874. The molecule has 0 atom stereocenters. The number of aromatic nitrogens is 3. The largest absolute Gasteiger partial charge is 0.378 e. The summed E-state index contributed by atoms with van der Waals surface area (Å²) in [7, 11) is 1.91. The van der Waals surface area contributed by atoms with Crippen LogP contribution in [0.4, 0.5) is 5.69 Å². The lowest BCUT2D eigenvalue weighted by Gasteiger charge is -2.06. The molecule has 1 aromatic carbocycles. The van der Waals surface area contributed by atoms with E-state index in [1.165, 1.54) is 0 Å². The maximum Gasteiger partial charge on any atom is 0.151 e.